The van der Waals surface area contributed by atoms with Crippen molar-refractivity contribution in [1.29, 1.82) is 0 Å². The molecule has 0 spiro atoms. The minimum atomic E-state index is -0.0315. The number of rotatable bonds is 8. The van der Waals surface area contributed by atoms with E-state index in [4.69, 9.17) is 5.73 Å². The number of benzene rings is 2. The summed E-state index contributed by atoms with van der Waals surface area (Å²) in [6.45, 7) is 6.38. The minimum absolute atomic E-state index is 0.0315. The monoisotopic (exact) mass is 608 g/mol. The van der Waals surface area contributed by atoms with E-state index in [0.29, 0.717) is 6.54 Å². The minimum Gasteiger partial charge on any atom is -0.396 e. The zero-order valence-corrected chi connectivity index (χ0v) is 23.1. The summed E-state index contributed by atoms with van der Waals surface area (Å²) in [6.07, 6.45) is 5.94. The van der Waals surface area contributed by atoms with Crippen molar-refractivity contribution in [3.05, 3.63) is 87.8 Å². The van der Waals surface area contributed by atoms with E-state index in [2.05, 4.69) is 65.5 Å². The summed E-state index contributed by atoms with van der Waals surface area (Å²) in [7, 11) is 0. The summed E-state index contributed by atoms with van der Waals surface area (Å²) in [4.78, 5) is 22.5. The first-order chi connectivity index (χ1) is 18.1. The third-order valence-corrected chi connectivity index (χ3v) is 8.06. The van der Waals surface area contributed by atoms with Gasteiger partial charge in [0.1, 0.15) is 0 Å². The molecule has 1 fully saturated rings. The second-order valence-electron chi connectivity index (χ2n) is 9.48. The van der Waals surface area contributed by atoms with Crippen LogP contribution in [0, 0.1) is 3.57 Å². The van der Waals surface area contributed by atoms with Crippen LogP contribution in [0.4, 0.5) is 11.5 Å². The van der Waals surface area contributed by atoms with Crippen LogP contribution in [0.3, 0.4) is 0 Å². The second-order valence-corrected chi connectivity index (χ2v) is 10.6. The number of pyridine rings is 1. The molecule has 8 heteroatoms. The fourth-order valence-electron chi connectivity index (χ4n) is 5.07. The van der Waals surface area contributed by atoms with Crippen molar-refractivity contribution in [2.45, 2.75) is 25.9 Å². The average Bonchev–Trinajstić information content (AvgIpc) is 3.12. The van der Waals surface area contributed by atoms with Gasteiger partial charge in [0, 0.05) is 59.6 Å². The Bertz CT molecular complexity index is 1370. The number of fused-ring (bicyclic) bond motifs is 1. The van der Waals surface area contributed by atoms with E-state index in [9.17, 15) is 4.79 Å². The number of nitrogens with one attached hydrogen (secondary N) is 1. The Kier molecular flexibility index (Phi) is 8.25. The summed E-state index contributed by atoms with van der Waals surface area (Å²) >= 11 is 2.31. The van der Waals surface area contributed by atoms with Gasteiger partial charge >= 0.3 is 0 Å². The molecular formula is C29H33IN6O. The number of nitrogens with two attached hydrogens (primary N) is 1. The predicted octanol–water partition coefficient (Wildman–Crippen LogP) is 4.76. The van der Waals surface area contributed by atoms with Gasteiger partial charge in [-0.25, -0.2) is 4.98 Å². The standard InChI is InChI=1S/C29H33IN6O/c30-25-10-3-1-8-22(25)20-33-29(37)24-21-36(27-12-4-2-9-23(24)27)17-7-15-34-14-6-16-35(19-18-34)28-26(31)11-5-13-32-28/h1-5,8-13,21H,6-7,14-20,31H2,(H,33,37). The van der Waals surface area contributed by atoms with Gasteiger partial charge in [0.05, 0.1) is 11.3 Å². The van der Waals surface area contributed by atoms with Crippen LogP contribution in [0.5, 0.6) is 0 Å². The maximum absolute atomic E-state index is 13.1. The third kappa shape index (κ3) is 6.07. The molecule has 2 aromatic heterocycles. The third-order valence-electron chi connectivity index (χ3n) is 7.01. The largest absolute Gasteiger partial charge is 0.396 e. The van der Waals surface area contributed by atoms with E-state index in [1.54, 1.807) is 0 Å². The first kappa shape index (κ1) is 25.5. The van der Waals surface area contributed by atoms with Crippen molar-refractivity contribution in [1.82, 2.24) is 19.8 Å². The highest BCUT2D eigenvalue weighted by Crippen LogP contribution is 2.23. The maximum atomic E-state index is 13.1. The first-order valence-electron chi connectivity index (χ1n) is 12.9. The summed E-state index contributed by atoms with van der Waals surface area (Å²) < 4.78 is 3.39. The van der Waals surface area contributed by atoms with Gasteiger partial charge in [0.25, 0.3) is 5.91 Å². The number of aryl methyl sites for hydroxylation is 1. The molecule has 192 valence electrons. The first-order valence-corrected chi connectivity index (χ1v) is 14.0. The van der Waals surface area contributed by atoms with Crippen molar-refractivity contribution < 1.29 is 4.79 Å². The van der Waals surface area contributed by atoms with Crippen LogP contribution in [0.1, 0.15) is 28.8 Å². The summed E-state index contributed by atoms with van der Waals surface area (Å²) in [5.74, 6) is 0.868. The van der Waals surface area contributed by atoms with E-state index < -0.39 is 0 Å². The molecule has 3 heterocycles. The number of amides is 1. The van der Waals surface area contributed by atoms with E-state index in [1.807, 2.05) is 54.9 Å². The van der Waals surface area contributed by atoms with E-state index in [1.165, 1.54) is 0 Å². The van der Waals surface area contributed by atoms with Gasteiger partial charge in [-0.1, -0.05) is 36.4 Å². The average molecular weight is 609 g/mol. The van der Waals surface area contributed by atoms with Crippen molar-refractivity contribution in [2.24, 2.45) is 0 Å². The Morgan fingerprint density at radius 2 is 1.81 bits per heavy atom. The van der Waals surface area contributed by atoms with Gasteiger partial charge in [0.15, 0.2) is 5.82 Å². The molecule has 1 aliphatic heterocycles. The number of halogens is 1. The van der Waals surface area contributed by atoms with Crippen LogP contribution in [-0.2, 0) is 13.1 Å². The molecule has 37 heavy (non-hydrogen) atoms. The Labute approximate surface area is 231 Å². The molecule has 0 unspecified atom stereocenters. The zero-order chi connectivity index (χ0) is 25.6. The number of carbonyl (C=O) groups excluding carboxylic acids is 1. The quantitative estimate of drug-likeness (QED) is 0.283. The molecule has 7 nitrogen and oxygen atoms in total. The smallest absolute Gasteiger partial charge is 0.253 e. The lowest BCUT2D eigenvalue weighted by Crippen LogP contribution is -2.32. The Hall–Kier alpha value is -3.11. The highest BCUT2D eigenvalue weighted by molar-refractivity contribution is 14.1. The van der Waals surface area contributed by atoms with Crippen molar-refractivity contribution in [3.63, 3.8) is 0 Å². The molecule has 0 saturated carbocycles. The van der Waals surface area contributed by atoms with Gasteiger partial charge in [0.2, 0.25) is 0 Å². The van der Waals surface area contributed by atoms with Gasteiger partial charge in [-0.15, -0.1) is 0 Å². The van der Waals surface area contributed by atoms with Gasteiger partial charge < -0.3 is 25.4 Å². The molecule has 0 atom stereocenters. The number of hydrogen-bond acceptors (Lipinski definition) is 5. The highest BCUT2D eigenvalue weighted by atomic mass is 127. The topological polar surface area (TPSA) is 79.4 Å². The summed E-state index contributed by atoms with van der Waals surface area (Å²) in [6, 6.07) is 20.1. The summed E-state index contributed by atoms with van der Waals surface area (Å²) in [5, 5.41) is 4.11. The lowest BCUT2D eigenvalue weighted by atomic mass is 10.1. The lowest BCUT2D eigenvalue weighted by Gasteiger charge is -2.23. The number of nitrogen functional groups attached to an aromatic ring is 1. The van der Waals surface area contributed by atoms with Crippen molar-refractivity contribution in [3.8, 4) is 0 Å². The SMILES string of the molecule is Nc1cccnc1N1CCCN(CCCn2cc(C(=O)NCc3ccccc3I)c3ccccc32)CC1. The number of anilines is 2. The number of para-hydroxylation sites is 1. The zero-order valence-electron chi connectivity index (χ0n) is 20.9. The van der Waals surface area contributed by atoms with E-state index >= 15 is 0 Å². The normalized spacial score (nSPS) is 14.6. The molecule has 2 aromatic carbocycles. The fraction of sp³-hybridized carbons (Fsp3) is 0.310. The Morgan fingerprint density at radius 1 is 0.973 bits per heavy atom. The molecule has 0 radical (unpaired) electrons. The van der Waals surface area contributed by atoms with Crippen LogP contribution in [0.25, 0.3) is 10.9 Å². The summed E-state index contributed by atoms with van der Waals surface area (Å²) in [5.41, 5.74) is 9.87. The second kappa shape index (κ2) is 12.0. The Balaban J connectivity index is 1.19. The Morgan fingerprint density at radius 3 is 2.68 bits per heavy atom. The molecule has 3 N–H and O–H groups in total. The number of hydrogen-bond donors (Lipinski definition) is 2. The molecule has 0 bridgehead atoms. The lowest BCUT2D eigenvalue weighted by molar-refractivity contribution is 0.0952. The van der Waals surface area contributed by atoms with Crippen LogP contribution < -0.4 is 16.0 Å². The predicted molar refractivity (Wildman–Crippen MR) is 159 cm³/mol. The number of nitrogens with zero attached hydrogens (tertiary/aromatic N) is 4. The van der Waals surface area contributed by atoms with E-state index in [0.717, 1.165) is 89.2 Å². The van der Waals surface area contributed by atoms with Gasteiger partial charge in [-0.2, -0.15) is 0 Å². The molecule has 1 aliphatic rings. The van der Waals surface area contributed by atoms with Crippen LogP contribution in [-0.4, -0.2) is 53.1 Å². The van der Waals surface area contributed by atoms with Crippen molar-refractivity contribution in [2.75, 3.05) is 43.4 Å². The van der Waals surface area contributed by atoms with E-state index in [-0.39, 0.29) is 5.91 Å². The maximum Gasteiger partial charge on any atom is 0.253 e. The fourth-order valence-corrected chi connectivity index (χ4v) is 5.65. The molecule has 1 amide bonds. The number of carbonyl (C=O) groups is 1. The van der Waals surface area contributed by atoms with Crippen LogP contribution in [0.2, 0.25) is 0 Å². The highest BCUT2D eigenvalue weighted by Gasteiger charge is 2.18. The van der Waals surface area contributed by atoms with Gasteiger partial charge in [-0.3, -0.25) is 4.79 Å². The van der Waals surface area contributed by atoms with Crippen LogP contribution >= 0.6 is 22.6 Å². The molecular weight excluding hydrogens is 575 g/mol. The molecule has 0 aliphatic carbocycles. The number of aromatic nitrogens is 2. The molecule has 1 saturated heterocycles. The molecule has 5 rings (SSSR count). The molecule has 4 aromatic rings. The van der Waals surface area contributed by atoms with Crippen molar-refractivity contribution >= 4 is 50.9 Å². The van der Waals surface area contributed by atoms with Gasteiger partial charge in [-0.05, 0) is 78.4 Å². The van der Waals surface area contributed by atoms with Crippen LogP contribution in [0.15, 0.2) is 73.1 Å².